The Labute approximate surface area is 59.4 Å². The van der Waals surface area contributed by atoms with Crippen molar-refractivity contribution in [2.75, 3.05) is 0 Å². The number of amides is 1. The van der Waals surface area contributed by atoms with E-state index in [-0.39, 0.29) is 0 Å². The Bertz CT molecular complexity index is 105. The average Bonchev–Trinajstić information content (AvgIpc) is 1.67. The molecule has 8 heavy (non-hydrogen) atoms. The Morgan fingerprint density at radius 3 is 2.50 bits per heavy atom. The molecule has 2 N–H and O–H groups in total. The number of carboxylic acids is 1. The van der Waals surface area contributed by atoms with Crippen LogP contribution in [0.1, 0.15) is 0 Å². The van der Waals surface area contributed by atoms with E-state index in [9.17, 15) is 9.59 Å². The van der Waals surface area contributed by atoms with Crippen LogP contribution in [-0.2, 0) is 9.59 Å². The maximum absolute atomic E-state index is 9.86. The lowest BCUT2D eigenvalue weighted by atomic mass is 10.7. The van der Waals surface area contributed by atoms with Gasteiger partial charge >= 0.3 is 5.97 Å². The van der Waals surface area contributed by atoms with Crippen molar-refractivity contribution < 1.29 is 14.7 Å². The van der Waals surface area contributed by atoms with E-state index in [0.29, 0.717) is 6.41 Å². The molecule has 1 amide bonds. The van der Waals surface area contributed by atoms with Gasteiger partial charge in [0.05, 0.1) is 0 Å². The summed E-state index contributed by atoms with van der Waals surface area (Å²) in [4.78, 5) is 19.4. The first-order valence-corrected chi connectivity index (χ1v) is 2.99. The molecule has 0 spiro atoms. The van der Waals surface area contributed by atoms with Crippen molar-refractivity contribution in [1.82, 2.24) is 5.32 Å². The smallest absolute Gasteiger partial charge is 0.336 e. The molecule has 0 radical (unpaired) electrons. The van der Waals surface area contributed by atoms with Gasteiger partial charge in [-0.1, -0.05) is 0 Å². The van der Waals surface area contributed by atoms with Crippen LogP contribution in [-0.4, -0.2) is 21.5 Å². The monoisotopic (exact) mass is 229 g/mol. The number of carbonyl (C=O) groups is 2. The molecule has 4 nitrogen and oxygen atoms in total. The van der Waals surface area contributed by atoms with Gasteiger partial charge in [-0.3, -0.25) is 4.79 Å². The first kappa shape index (κ1) is 7.67. The zero-order chi connectivity index (χ0) is 6.57. The number of carboxylic acid groups (broad SMARTS) is 1. The van der Waals surface area contributed by atoms with Crippen molar-refractivity contribution >= 4 is 35.0 Å². The normalized spacial score (nSPS) is 12.1. The fourth-order valence-corrected chi connectivity index (χ4v) is 0.278. The second-order valence-electron chi connectivity index (χ2n) is 0.985. The van der Waals surface area contributed by atoms with Gasteiger partial charge in [-0.05, 0) is 22.6 Å². The maximum Gasteiger partial charge on any atom is 0.336 e. The van der Waals surface area contributed by atoms with Crippen LogP contribution in [0.25, 0.3) is 0 Å². The van der Waals surface area contributed by atoms with E-state index in [1.807, 2.05) is 0 Å². The molecule has 0 aliphatic rings. The van der Waals surface area contributed by atoms with Crippen LogP contribution in [0, 0.1) is 0 Å². The summed E-state index contributed by atoms with van der Waals surface area (Å²) in [5, 5.41) is 10.1. The van der Waals surface area contributed by atoms with Gasteiger partial charge in [-0.25, -0.2) is 4.79 Å². The number of hydrogen-bond donors (Lipinski definition) is 2. The summed E-state index contributed by atoms with van der Waals surface area (Å²) in [6.45, 7) is 0. The lowest BCUT2D eigenvalue weighted by molar-refractivity contribution is -0.137. The molecule has 46 valence electrons. The number of rotatable bonds is 3. The second-order valence-corrected chi connectivity index (χ2v) is 2.23. The quantitative estimate of drug-likeness (QED) is 0.299. The largest absolute Gasteiger partial charge is 0.479 e. The lowest BCUT2D eigenvalue weighted by Gasteiger charge is -1.98. The van der Waals surface area contributed by atoms with Crippen molar-refractivity contribution in [3.63, 3.8) is 0 Å². The summed E-state index contributed by atoms with van der Waals surface area (Å²) in [5.41, 5.74) is 0. The molecule has 0 rings (SSSR count). The van der Waals surface area contributed by atoms with Crippen molar-refractivity contribution in [1.29, 1.82) is 0 Å². The van der Waals surface area contributed by atoms with Gasteiger partial charge in [0.1, 0.15) is 0 Å². The number of aliphatic carboxylic acids is 1. The molecule has 0 aromatic heterocycles. The van der Waals surface area contributed by atoms with Crippen LogP contribution in [0.3, 0.4) is 0 Å². The molecule has 0 aliphatic heterocycles. The van der Waals surface area contributed by atoms with Gasteiger partial charge in [0.25, 0.3) is 0 Å². The van der Waals surface area contributed by atoms with E-state index in [2.05, 4.69) is 5.32 Å². The molecule has 1 atom stereocenters. The van der Waals surface area contributed by atoms with Crippen molar-refractivity contribution in [3.8, 4) is 0 Å². The maximum atomic E-state index is 9.86. The van der Waals surface area contributed by atoms with Crippen molar-refractivity contribution in [3.05, 3.63) is 0 Å². The van der Waals surface area contributed by atoms with Crippen LogP contribution in [0.15, 0.2) is 0 Å². The highest BCUT2D eigenvalue weighted by Crippen LogP contribution is 1.92. The lowest BCUT2D eigenvalue weighted by Crippen LogP contribution is -2.29. The Morgan fingerprint density at radius 1 is 1.88 bits per heavy atom. The number of alkyl halides is 1. The number of nitrogens with one attached hydrogen (secondary N) is 1. The molecule has 0 bridgehead atoms. The van der Waals surface area contributed by atoms with Crippen LogP contribution in [0.2, 0.25) is 0 Å². The molecule has 0 aromatic rings. The average molecular weight is 229 g/mol. The van der Waals surface area contributed by atoms with Crippen LogP contribution >= 0.6 is 22.6 Å². The van der Waals surface area contributed by atoms with Crippen LogP contribution < -0.4 is 5.32 Å². The molecule has 5 heteroatoms. The highest BCUT2D eigenvalue weighted by atomic mass is 127. The Hall–Kier alpha value is -0.330. The van der Waals surface area contributed by atoms with E-state index in [0.717, 1.165) is 0 Å². The molecule has 0 fully saturated rings. The first-order chi connectivity index (χ1) is 3.68. The highest BCUT2D eigenvalue weighted by Gasteiger charge is 2.08. The van der Waals surface area contributed by atoms with Crippen molar-refractivity contribution in [2.45, 2.75) is 4.05 Å². The summed E-state index contributed by atoms with van der Waals surface area (Å²) in [5.74, 6) is -1.04. The summed E-state index contributed by atoms with van der Waals surface area (Å²) in [7, 11) is 0. The van der Waals surface area contributed by atoms with Crippen LogP contribution in [0.4, 0.5) is 0 Å². The van der Waals surface area contributed by atoms with E-state index in [1.54, 1.807) is 22.6 Å². The first-order valence-electron chi connectivity index (χ1n) is 1.75. The fraction of sp³-hybridized carbons (Fsp3) is 0.333. The predicted molar refractivity (Wildman–Crippen MR) is 34.6 cm³/mol. The molecule has 0 saturated carbocycles. The van der Waals surface area contributed by atoms with Gasteiger partial charge in [-0.15, -0.1) is 0 Å². The Kier molecular flexibility index (Phi) is 3.49. The standard InChI is InChI=1S/C3H4INO3/c4-2(3(7)8)5-1-6/h1-2H,(H,5,6)(H,7,8). The van der Waals surface area contributed by atoms with Gasteiger partial charge in [0.15, 0.2) is 4.05 Å². The number of carbonyl (C=O) groups excluding carboxylic acids is 1. The highest BCUT2D eigenvalue weighted by molar-refractivity contribution is 14.1. The molecular weight excluding hydrogens is 225 g/mol. The van der Waals surface area contributed by atoms with E-state index < -0.39 is 10.0 Å². The van der Waals surface area contributed by atoms with E-state index >= 15 is 0 Å². The molecule has 0 saturated heterocycles. The second kappa shape index (κ2) is 3.65. The van der Waals surface area contributed by atoms with Gasteiger partial charge in [0, 0.05) is 0 Å². The molecule has 0 heterocycles. The predicted octanol–water partition coefficient (Wildman–Crippen LogP) is -0.422. The Balaban J connectivity index is 3.46. The van der Waals surface area contributed by atoms with Gasteiger partial charge in [-0.2, -0.15) is 0 Å². The summed E-state index contributed by atoms with van der Waals surface area (Å²) < 4.78 is -0.815. The minimum Gasteiger partial charge on any atom is -0.479 e. The topological polar surface area (TPSA) is 66.4 Å². The summed E-state index contributed by atoms with van der Waals surface area (Å²) in [6, 6.07) is 0. The molecule has 0 aromatic carbocycles. The third-order valence-corrected chi connectivity index (χ3v) is 1.32. The van der Waals surface area contributed by atoms with Gasteiger partial charge in [0.2, 0.25) is 6.41 Å². The van der Waals surface area contributed by atoms with Gasteiger partial charge < -0.3 is 10.4 Å². The zero-order valence-electron chi connectivity index (χ0n) is 3.80. The number of halogens is 1. The SMILES string of the molecule is O=CNC(I)C(=O)O. The van der Waals surface area contributed by atoms with Crippen molar-refractivity contribution in [2.24, 2.45) is 0 Å². The molecule has 1 unspecified atom stereocenters. The number of hydrogen-bond acceptors (Lipinski definition) is 2. The zero-order valence-corrected chi connectivity index (χ0v) is 5.95. The van der Waals surface area contributed by atoms with E-state index in [4.69, 9.17) is 5.11 Å². The third-order valence-electron chi connectivity index (χ3n) is 0.431. The Morgan fingerprint density at radius 2 is 2.38 bits per heavy atom. The van der Waals surface area contributed by atoms with Crippen LogP contribution in [0.5, 0.6) is 0 Å². The fourth-order valence-electron chi connectivity index (χ4n) is 0.131. The summed E-state index contributed by atoms with van der Waals surface area (Å²) in [6.07, 6.45) is 0.352. The molecular formula is C3H4INO3. The minimum absolute atomic E-state index is 0.352. The minimum atomic E-state index is -1.04. The molecule has 0 aliphatic carbocycles. The third kappa shape index (κ3) is 2.78. The van der Waals surface area contributed by atoms with E-state index in [1.165, 1.54) is 0 Å². The summed E-state index contributed by atoms with van der Waals surface area (Å²) >= 11 is 1.59.